The van der Waals surface area contributed by atoms with Gasteiger partial charge in [0.15, 0.2) is 11.5 Å². The maximum atomic E-state index is 13.5. The molecule has 0 spiro atoms. The maximum Gasteiger partial charge on any atom is 0.404 e. The zero-order valence-electron chi connectivity index (χ0n) is 21.6. The topological polar surface area (TPSA) is 155 Å². The van der Waals surface area contributed by atoms with Gasteiger partial charge in [0.05, 0.1) is 23.6 Å². The van der Waals surface area contributed by atoms with Gasteiger partial charge in [-0.15, -0.1) is 0 Å². The molecule has 3 rings (SSSR count). The maximum absolute atomic E-state index is 13.5. The van der Waals surface area contributed by atoms with Crippen LogP contribution in [0.3, 0.4) is 0 Å². The van der Waals surface area contributed by atoms with Crippen LogP contribution in [0, 0.1) is 5.92 Å². The first-order chi connectivity index (χ1) is 18.1. The quantitative estimate of drug-likeness (QED) is 0.244. The summed E-state index contributed by atoms with van der Waals surface area (Å²) in [6.45, 7) is 4.10. The van der Waals surface area contributed by atoms with Gasteiger partial charge in [0.2, 0.25) is 16.8 Å². The third-order valence-corrected chi connectivity index (χ3v) is 7.74. The van der Waals surface area contributed by atoms with Gasteiger partial charge in [0, 0.05) is 25.8 Å². The largest absolute Gasteiger partial charge is 0.494 e. The van der Waals surface area contributed by atoms with Crippen molar-refractivity contribution >= 4 is 16.1 Å². The number of sulfonamides is 1. The van der Waals surface area contributed by atoms with Gasteiger partial charge in [-0.2, -0.15) is 4.31 Å². The second-order valence-electron chi connectivity index (χ2n) is 9.48. The van der Waals surface area contributed by atoms with Crippen molar-refractivity contribution in [2.45, 2.75) is 50.2 Å². The van der Waals surface area contributed by atoms with E-state index in [1.807, 2.05) is 13.8 Å². The minimum absolute atomic E-state index is 0.00656. The van der Waals surface area contributed by atoms with Crippen molar-refractivity contribution in [3.63, 3.8) is 0 Å². The summed E-state index contributed by atoms with van der Waals surface area (Å²) in [6.07, 6.45) is -1.15. The van der Waals surface area contributed by atoms with Crippen LogP contribution >= 0.6 is 0 Å². The summed E-state index contributed by atoms with van der Waals surface area (Å²) in [4.78, 5) is 11.5. The lowest BCUT2D eigenvalue weighted by Crippen LogP contribution is -2.50. The van der Waals surface area contributed by atoms with E-state index in [1.54, 1.807) is 24.3 Å². The first-order valence-corrected chi connectivity index (χ1v) is 13.9. The van der Waals surface area contributed by atoms with E-state index in [9.17, 15) is 23.4 Å². The smallest absolute Gasteiger partial charge is 0.404 e. The molecule has 0 unspecified atom stereocenters. The lowest BCUT2D eigenvalue weighted by atomic mass is 10.0. The Morgan fingerprint density at radius 3 is 2.45 bits per heavy atom. The highest BCUT2D eigenvalue weighted by Gasteiger charge is 2.32. The molecule has 0 aromatic heterocycles. The Bertz CT molecular complexity index is 1160. The van der Waals surface area contributed by atoms with Crippen molar-refractivity contribution in [2.24, 2.45) is 5.92 Å². The van der Waals surface area contributed by atoms with Gasteiger partial charge in [0.1, 0.15) is 5.75 Å². The van der Waals surface area contributed by atoms with E-state index < -0.39 is 28.3 Å². The number of unbranched alkanes of at least 4 members (excludes halogenated alkanes) is 1. The zero-order valence-corrected chi connectivity index (χ0v) is 22.4. The monoisotopic (exact) mass is 552 g/mol. The lowest BCUT2D eigenvalue weighted by molar-refractivity contribution is 0.0980. The van der Waals surface area contributed by atoms with Crippen LogP contribution in [0.25, 0.3) is 0 Å². The number of carbonyl (C=O) groups is 1. The Kier molecular flexibility index (Phi) is 10.6. The number of hydrogen-bond acceptors (Lipinski definition) is 8. The number of aliphatic hydroxyl groups is 2. The highest BCUT2D eigenvalue weighted by molar-refractivity contribution is 7.89. The van der Waals surface area contributed by atoms with Crippen LogP contribution in [-0.2, 0) is 16.4 Å². The SMILES string of the molecule is CC(C)CN(C[C@H](O)[C@H](Cc1ccc(OCCCCO)cc1)NC(=O)O)S(=O)(=O)c1ccc2c(c1)OCO2. The second kappa shape index (κ2) is 13.7. The van der Waals surface area contributed by atoms with E-state index in [-0.39, 0.29) is 43.7 Å². The van der Waals surface area contributed by atoms with Gasteiger partial charge in [-0.05, 0) is 55.0 Å². The fraction of sp³-hybridized carbons (Fsp3) is 0.500. The van der Waals surface area contributed by atoms with Crippen LogP contribution in [0.2, 0.25) is 0 Å². The molecule has 1 aliphatic rings. The van der Waals surface area contributed by atoms with Crippen LogP contribution in [0.15, 0.2) is 47.4 Å². The molecule has 1 aliphatic heterocycles. The molecule has 0 fully saturated rings. The molecule has 11 nitrogen and oxygen atoms in total. The standard InChI is InChI=1S/C26H36N2O9S/c1-18(2)15-28(38(33,34)21-9-10-24-25(14-21)37-17-36-24)16-23(30)22(27-26(31)32)13-19-5-7-20(8-6-19)35-12-4-3-11-29/h5-10,14,18,22-23,27,29-30H,3-4,11-13,15-17H2,1-2H3,(H,31,32)/t22-,23-/m0/s1. The number of ether oxygens (including phenoxy) is 3. The van der Waals surface area contributed by atoms with Crippen molar-refractivity contribution < 1.29 is 42.7 Å². The third-order valence-electron chi connectivity index (χ3n) is 5.91. The van der Waals surface area contributed by atoms with E-state index in [0.29, 0.717) is 30.3 Å². The van der Waals surface area contributed by atoms with Crippen molar-refractivity contribution in [1.29, 1.82) is 0 Å². The van der Waals surface area contributed by atoms with Crippen LogP contribution in [0.4, 0.5) is 4.79 Å². The molecule has 210 valence electrons. The molecule has 2 aromatic carbocycles. The third kappa shape index (κ3) is 8.22. The summed E-state index contributed by atoms with van der Waals surface area (Å²) in [5.74, 6) is 1.35. The first-order valence-electron chi connectivity index (χ1n) is 12.5. The highest BCUT2D eigenvalue weighted by Crippen LogP contribution is 2.35. The number of amides is 1. The van der Waals surface area contributed by atoms with Gasteiger partial charge >= 0.3 is 6.09 Å². The van der Waals surface area contributed by atoms with Crippen molar-refractivity contribution in [3.8, 4) is 17.2 Å². The molecule has 4 N–H and O–H groups in total. The summed E-state index contributed by atoms with van der Waals surface area (Å²) in [5, 5.41) is 31.6. The molecule has 2 atom stereocenters. The van der Waals surface area contributed by atoms with Crippen molar-refractivity contribution in [3.05, 3.63) is 48.0 Å². The van der Waals surface area contributed by atoms with Crippen molar-refractivity contribution in [2.75, 3.05) is 33.1 Å². The first kappa shape index (κ1) is 29.5. The molecule has 38 heavy (non-hydrogen) atoms. The molecule has 0 aliphatic carbocycles. The minimum Gasteiger partial charge on any atom is -0.494 e. The van der Waals surface area contributed by atoms with Crippen LogP contribution < -0.4 is 19.5 Å². The molecule has 0 saturated carbocycles. The molecule has 1 heterocycles. The molecular formula is C26H36N2O9S. The van der Waals surface area contributed by atoms with Gasteiger partial charge in [0.25, 0.3) is 0 Å². The number of nitrogens with zero attached hydrogens (tertiary/aromatic N) is 1. The molecule has 12 heteroatoms. The Balaban J connectivity index is 1.74. The molecular weight excluding hydrogens is 516 g/mol. The molecule has 0 radical (unpaired) electrons. The average molecular weight is 553 g/mol. The van der Waals surface area contributed by atoms with Gasteiger partial charge in [-0.1, -0.05) is 26.0 Å². The predicted molar refractivity (Wildman–Crippen MR) is 139 cm³/mol. The van der Waals surface area contributed by atoms with Gasteiger partial charge in [-0.3, -0.25) is 0 Å². The van der Waals surface area contributed by atoms with E-state index in [4.69, 9.17) is 19.3 Å². The summed E-state index contributed by atoms with van der Waals surface area (Å²) < 4.78 is 44.4. The molecule has 0 bridgehead atoms. The number of carboxylic acid groups (broad SMARTS) is 1. The number of benzene rings is 2. The van der Waals surface area contributed by atoms with Crippen LogP contribution in [-0.4, -0.2) is 79.4 Å². The Hall–Kier alpha value is -3.06. The molecule has 2 aromatic rings. The minimum atomic E-state index is -4.04. The van der Waals surface area contributed by atoms with Gasteiger partial charge in [-0.25, -0.2) is 13.2 Å². The summed E-state index contributed by atoms with van der Waals surface area (Å²) in [5.41, 5.74) is 0.736. The van der Waals surface area contributed by atoms with E-state index >= 15 is 0 Å². The van der Waals surface area contributed by atoms with Crippen LogP contribution in [0.5, 0.6) is 17.2 Å². The van der Waals surface area contributed by atoms with Gasteiger partial charge < -0.3 is 34.8 Å². The zero-order chi connectivity index (χ0) is 27.7. The number of aliphatic hydroxyl groups excluding tert-OH is 2. The Morgan fingerprint density at radius 1 is 1.08 bits per heavy atom. The lowest BCUT2D eigenvalue weighted by Gasteiger charge is -2.30. The second-order valence-corrected chi connectivity index (χ2v) is 11.4. The number of nitrogens with one attached hydrogen (secondary N) is 1. The number of rotatable bonds is 15. The van der Waals surface area contributed by atoms with Crippen molar-refractivity contribution in [1.82, 2.24) is 9.62 Å². The summed E-state index contributed by atoms with van der Waals surface area (Å²) in [6, 6.07) is 10.4. The predicted octanol–water partition coefficient (Wildman–Crippen LogP) is 2.45. The van der Waals surface area contributed by atoms with E-state index in [2.05, 4.69) is 5.32 Å². The molecule has 1 amide bonds. The summed E-state index contributed by atoms with van der Waals surface area (Å²) >= 11 is 0. The Labute approximate surface area is 223 Å². The number of hydrogen-bond donors (Lipinski definition) is 4. The average Bonchev–Trinajstić information content (AvgIpc) is 3.34. The molecule has 0 saturated heterocycles. The normalized spacial score (nSPS) is 14.5. The van der Waals surface area contributed by atoms with E-state index in [0.717, 1.165) is 12.0 Å². The van der Waals surface area contributed by atoms with E-state index in [1.165, 1.54) is 22.5 Å². The Morgan fingerprint density at radius 2 is 1.79 bits per heavy atom. The number of fused-ring (bicyclic) bond motifs is 1. The summed E-state index contributed by atoms with van der Waals surface area (Å²) in [7, 11) is -4.04. The highest BCUT2D eigenvalue weighted by atomic mass is 32.2. The fourth-order valence-electron chi connectivity index (χ4n) is 4.02. The van der Waals surface area contributed by atoms with Crippen LogP contribution in [0.1, 0.15) is 32.3 Å². The fourth-order valence-corrected chi connectivity index (χ4v) is 5.66.